The average molecular weight is 378 g/mol. The van der Waals surface area contributed by atoms with Crippen LogP contribution in [0.25, 0.3) is 22.1 Å². The van der Waals surface area contributed by atoms with Crippen LogP contribution in [0, 0.1) is 0 Å². The first-order valence-electron chi connectivity index (χ1n) is 7.36. The van der Waals surface area contributed by atoms with Crippen molar-refractivity contribution in [2.75, 3.05) is 14.1 Å². The van der Waals surface area contributed by atoms with Crippen molar-refractivity contribution in [3.05, 3.63) is 53.9 Å². The molecule has 0 saturated heterocycles. The number of aromatic nitrogens is 2. The van der Waals surface area contributed by atoms with E-state index in [0.717, 1.165) is 9.87 Å². The molecule has 0 bridgehead atoms. The Morgan fingerprint density at radius 1 is 1.24 bits per heavy atom. The van der Waals surface area contributed by atoms with Crippen LogP contribution in [0.4, 0.5) is 0 Å². The highest BCUT2D eigenvalue weighted by molar-refractivity contribution is 7.89. The maximum atomic E-state index is 12.2. The molecule has 1 aromatic heterocycles. The van der Waals surface area contributed by atoms with E-state index < -0.39 is 10.0 Å². The van der Waals surface area contributed by atoms with Crippen molar-refractivity contribution in [3.8, 4) is 5.75 Å². The van der Waals surface area contributed by atoms with E-state index in [1.807, 2.05) is 0 Å². The fourth-order valence-corrected chi connectivity index (χ4v) is 3.45. The lowest BCUT2D eigenvalue weighted by Crippen LogP contribution is -2.22. The number of phenols is 1. The third-order valence-electron chi connectivity index (χ3n) is 3.62. The number of nitrogens with one attached hydrogen (secondary N) is 1. The number of sulfonamides is 1. The number of imidazole rings is 1. The lowest BCUT2D eigenvalue weighted by molar-refractivity contribution is 0.475. The molecule has 0 aliphatic heterocycles. The number of aromatic amines is 1. The van der Waals surface area contributed by atoms with Crippen molar-refractivity contribution in [3.63, 3.8) is 0 Å². The van der Waals surface area contributed by atoms with E-state index in [9.17, 15) is 13.5 Å². The zero-order valence-electron chi connectivity index (χ0n) is 13.6. The Morgan fingerprint density at radius 2 is 2.00 bits per heavy atom. The van der Waals surface area contributed by atoms with Crippen molar-refractivity contribution in [1.82, 2.24) is 14.3 Å². The summed E-state index contributed by atoms with van der Waals surface area (Å²) in [7, 11) is -0.565. The Labute approximate surface area is 150 Å². The number of aromatic hydroxyl groups is 1. The molecule has 0 spiro atoms. The monoisotopic (exact) mass is 377 g/mol. The van der Waals surface area contributed by atoms with Crippen LogP contribution in [-0.4, -0.2) is 41.9 Å². The van der Waals surface area contributed by atoms with Crippen molar-refractivity contribution in [1.29, 1.82) is 0 Å². The molecule has 0 amide bonds. The van der Waals surface area contributed by atoms with Crippen molar-refractivity contribution < 1.29 is 13.5 Å². The van der Waals surface area contributed by atoms with E-state index in [4.69, 9.17) is 11.6 Å². The first kappa shape index (κ1) is 17.5. The highest BCUT2D eigenvalue weighted by atomic mass is 35.5. The molecule has 6 nitrogen and oxygen atoms in total. The molecule has 0 saturated carbocycles. The van der Waals surface area contributed by atoms with Crippen LogP contribution >= 0.6 is 11.6 Å². The Morgan fingerprint density at radius 3 is 2.68 bits per heavy atom. The number of benzene rings is 2. The van der Waals surface area contributed by atoms with E-state index in [1.54, 1.807) is 36.4 Å². The summed E-state index contributed by atoms with van der Waals surface area (Å²) in [5.41, 5.74) is 1.90. The highest BCUT2D eigenvalue weighted by Gasteiger charge is 2.18. The molecule has 25 heavy (non-hydrogen) atoms. The standard InChI is InChI=1S/C17H16ClN3O3S/c1-21(2)25(23,24)13-6-7-15-16(10-13)20-17(19-15)14(18)9-11-4-3-5-12(22)8-11/h3-10,22H,1-2H3,(H,19,20)/b14-9-. The van der Waals surface area contributed by atoms with E-state index >= 15 is 0 Å². The largest absolute Gasteiger partial charge is 0.508 e. The van der Waals surface area contributed by atoms with Crippen LogP contribution in [-0.2, 0) is 10.0 Å². The van der Waals surface area contributed by atoms with Crippen LogP contribution in [0.5, 0.6) is 5.75 Å². The lowest BCUT2D eigenvalue weighted by Gasteiger charge is -2.10. The van der Waals surface area contributed by atoms with Gasteiger partial charge in [-0.15, -0.1) is 0 Å². The number of H-pyrrole nitrogens is 1. The summed E-state index contributed by atoms with van der Waals surface area (Å²) in [6, 6.07) is 11.3. The smallest absolute Gasteiger partial charge is 0.242 e. The van der Waals surface area contributed by atoms with Gasteiger partial charge < -0.3 is 10.1 Å². The number of phenolic OH excluding ortho intramolecular Hbond substituents is 1. The molecule has 0 aliphatic rings. The second-order valence-electron chi connectivity index (χ2n) is 5.64. The van der Waals surface area contributed by atoms with Gasteiger partial charge in [0.25, 0.3) is 0 Å². The molecule has 3 rings (SSSR count). The summed E-state index contributed by atoms with van der Waals surface area (Å²) in [5.74, 6) is 0.556. The Hall–Kier alpha value is -2.35. The number of fused-ring (bicyclic) bond motifs is 1. The number of hydrogen-bond donors (Lipinski definition) is 2. The summed E-state index contributed by atoms with van der Waals surface area (Å²) in [5, 5.41) is 9.85. The Bertz CT molecular complexity index is 1070. The van der Waals surface area contributed by atoms with E-state index in [2.05, 4.69) is 9.97 Å². The molecule has 2 N–H and O–H groups in total. The number of nitrogens with zero attached hydrogens (tertiary/aromatic N) is 2. The van der Waals surface area contributed by atoms with Gasteiger partial charge in [-0.25, -0.2) is 17.7 Å². The Balaban J connectivity index is 2.01. The molecule has 0 unspecified atom stereocenters. The van der Waals surface area contributed by atoms with Crippen LogP contribution in [0.3, 0.4) is 0 Å². The molecule has 0 aliphatic carbocycles. The lowest BCUT2D eigenvalue weighted by atomic mass is 10.2. The highest BCUT2D eigenvalue weighted by Crippen LogP contribution is 2.25. The normalized spacial score (nSPS) is 12.9. The van der Waals surface area contributed by atoms with Gasteiger partial charge in [-0.05, 0) is 42.0 Å². The first-order chi connectivity index (χ1) is 11.8. The second-order valence-corrected chi connectivity index (χ2v) is 8.20. The fraction of sp³-hybridized carbons (Fsp3) is 0.118. The molecule has 0 radical (unpaired) electrons. The van der Waals surface area contributed by atoms with Crippen LogP contribution in [0.15, 0.2) is 47.4 Å². The molecular formula is C17H16ClN3O3S. The number of hydrogen-bond acceptors (Lipinski definition) is 4. The predicted octanol–water partition coefficient (Wildman–Crippen LogP) is 3.26. The SMILES string of the molecule is CN(C)S(=O)(=O)c1ccc2nc(/C(Cl)=C/c3cccc(O)c3)[nH]c2c1. The topological polar surface area (TPSA) is 86.3 Å². The third-order valence-corrected chi connectivity index (χ3v) is 5.72. The summed E-state index contributed by atoms with van der Waals surface area (Å²) in [6.45, 7) is 0. The summed E-state index contributed by atoms with van der Waals surface area (Å²) >= 11 is 6.30. The molecule has 3 aromatic rings. The van der Waals surface area contributed by atoms with Gasteiger partial charge in [0.05, 0.1) is 21.0 Å². The van der Waals surface area contributed by atoms with Crippen molar-refractivity contribution in [2.45, 2.75) is 4.90 Å². The van der Waals surface area contributed by atoms with Crippen LogP contribution < -0.4 is 0 Å². The van der Waals surface area contributed by atoms with Crippen molar-refractivity contribution >= 4 is 43.8 Å². The van der Waals surface area contributed by atoms with Gasteiger partial charge in [-0.2, -0.15) is 0 Å². The maximum absolute atomic E-state index is 12.2. The minimum atomic E-state index is -3.52. The minimum Gasteiger partial charge on any atom is -0.508 e. The quantitative estimate of drug-likeness (QED) is 0.730. The summed E-state index contributed by atoms with van der Waals surface area (Å²) in [6.07, 6.45) is 1.66. The van der Waals surface area contributed by atoms with Gasteiger partial charge in [0, 0.05) is 14.1 Å². The van der Waals surface area contributed by atoms with E-state index in [0.29, 0.717) is 21.9 Å². The van der Waals surface area contributed by atoms with Crippen LogP contribution in [0.1, 0.15) is 11.4 Å². The molecule has 1 heterocycles. The fourth-order valence-electron chi connectivity index (χ4n) is 2.30. The summed E-state index contributed by atoms with van der Waals surface area (Å²) in [4.78, 5) is 7.57. The molecule has 2 aromatic carbocycles. The third kappa shape index (κ3) is 3.53. The predicted molar refractivity (Wildman–Crippen MR) is 98.8 cm³/mol. The van der Waals surface area contributed by atoms with Gasteiger partial charge in [0.2, 0.25) is 10.0 Å². The number of halogens is 1. The summed E-state index contributed by atoms with van der Waals surface area (Å²) < 4.78 is 25.6. The van der Waals surface area contributed by atoms with Gasteiger partial charge >= 0.3 is 0 Å². The zero-order valence-corrected chi connectivity index (χ0v) is 15.1. The van der Waals surface area contributed by atoms with Gasteiger partial charge in [-0.1, -0.05) is 23.7 Å². The molecule has 130 valence electrons. The van der Waals surface area contributed by atoms with Crippen LogP contribution in [0.2, 0.25) is 0 Å². The molecule has 0 fully saturated rings. The van der Waals surface area contributed by atoms with Gasteiger partial charge in [-0.3, -0.25) is 0 Å². The van der Waals surface area contributed by atoms with Crippen molar-refractivity contribution in [2.24, 2.45) is 0 Å². The molecular weight excluding hydrogens is 362 g/mol. The average Bonchev–Trinajstić information content (AvgIpc) is 2.98. The van der Waals surface area contributed by atoms with E-state index in [1.165, 1.54) is 26.2 Å². The van der Waals surface area contributed by atoms with E-state index in [-0.39, 0.29) is 10.6 Å². The minimum absolute atomic E-state index is 0.140. The molecule has 8 heteroatoms. The first-order valence-corrected chi connectivity index (χ1v) is 9.18. The van der Waals surface area contributed by atoms with Gasteiger partial charge in [0.1, 0.15) is 11.6 Å². The maximum Gasteiger partial charge on any atom is 0.242 e. The Kier molecular flexibility index (Phi) is 4.55. The molecule has 0 atom stereocenters. The van der Waals surface area contributed by atoms with Gasteiger partial charge in [0.15, 0.2) is 0 Å². The number of rotatable bonds is 4. The zero-order chi connectivity index (χ0) is 18.2. The second kappa shape index (κ2) is 6.51.